The highest BCUT2D eigenvalue weighted by Crippen LogP contribution is 2.25. The van der Waals surface area contributed by atoms with Gasteiger partial charge in [0.15, 0.2) is 0 Å². The number of likely N-dealkylation sites (tertiary alicyclic amines) is 1. The molecule has 0 spiro atoms. The minimum atomic E-state index is -5.08. The summed E-state index contributed by atoms with van der Waals surface area (Å²) in [5, 5.41) is 7.12. The minimum absolute atomic E-state index is 0.0771. The van der Waals surface area contributed by atoms with Crippen LogP contribution in [0.5, 0.6) is 0 Å². The van der Waals surface area contributed by atoms with E-state index in [1.54, 1.807) is 4.90 Å². The van der Waals surface area contributed by atoms with Crippen LogP contribution in [0.1, 0.15) is 24.4 Å². The van der Waals surface area contributed by atoms with E-state index in [0.717, 1.165) is 29.4 Å². The van der Waals surface area contributed by atoms with Gasteiger partial charge in [-0.1, -0.05) is 42.5 Å². The van der Waals surface area contributed by atoms with E-state index >= 15 is 0 Å². The molecule has 0 aliphatic carbocycles. The summed E-state index contributed by atoms with van der Waals surface area (Å²) < 4.78 is 39.2. The topological polar surface area (TPSA) is 131 Å². The zero-order chi connectivity index (χ0) is 26.3. The summed E-state index contributed by atoms with van der Waals surface area (Å²) in [5.41, 5.74) is 8.77. The maximum atomic E-state index is 12.7. The Balaban J connectivity index is 0.000000454. The first kappa shape index (κ1) is 27.0. The molecule has 1 fully saturated rings. The summed E-state index contributed by atoms with van der Waals surface area (Å²) in [6.45, 7) is 1.80. The lowest BCUT2D eigenvalue weighted by Crippen LogP contribution is -2.49. The number of nitrogens with two attached hydrogens (primary N) is 1. The number of amides is 1. The van der Waals surface area contributed by atoms with Crippen molar-refractivity contribution in [1.29, 1.82) is 0 Å². The number of rotatable bonds is 6. The number of H-pyrrole nitrogens is 1. The lowest BCUT2D eigenvalue weighted by molar-refractivity contribution is -0.192. The summed E-state index contributed by atoms with van der Waals surface area (Å²) in [6.07, 6.45) is -3.63. The lowest BCUT2D eigenvalue weighted by atomic mass is 10.0. The lowest BCUT2D eigenvalue weighted by Gasteiger charge is -2.34. The van der Waals surface area contributed by atoms with Crippen molar-refractivity contribution >= 4 is 22.9 Å². The Hall–Kier alpha value is -3.64. The number of carbonyl (C=O) groups is 2. The second-order valence-corrected chi connectivity index (χ2v) is 8.28. The van der Waals surface area contributed by atoms with E-state index in [9.17, 15) is 22.8 Å². The third kappa shape index (κ3) is 6.95. The number of piperidine rings is 1. The number of fused-ring (bicyclic) bond motifs is 1. The van der Waals surface area contributed by atoms with Crippen LogP contribution >= 0.6 is 0 Å². The first-order valence-electron chi connectivity index (χ1n) is 11.2. The molecule has 1 aliphatic rings. The normalized spacial score (nSPS) is 15.3. The van der Waals surface area contributed by atoms with Crippen molar-refractivity contribution < 1.29 is 32.6 Å². The number of nitrogens with one attached hydrogen (secondary N) is 1. The maximum Gasteiger partial charge on any atom is 0.490 e. The van der Waals surface area contributed by atoms with E-state index < -0.39 is 18.2 Å². The van der Waals surface area contributed by atoms with Crippen molar-refractivity contribution in [2.24, 2.45) is 5.73 Å². The van der Waals surface area contributed by atoms with Crippen LogP contribution in [0.15, 0.2) is 59.4 Å². The average Bonchev–Trinajstić information content (AvgIpc) is 3.19. The molecule has 1 aromatic heterocycles. The zero-order valence-corrected chi connectivity index (χ0v) is 19.3. The van der Waals surface area contributed by atoms with E-state index in [-0.39, 0.29) is 24.2 Å². The molecule has 1 atom stereocenters. The van der Waals surface area contributed by atoms with Crippen molar-refractivity contribution in [3.63, 3.8) is 0 Å². The Labute approximate surface area is 204 Å². The van der Waals surface area contributed by atoms with Crippen molar-refractivity contribution in [2.45, 2.75) is 37.7 Å². The van der Waals surface area contributed by atoms with Gasteiger partial charge in [0.1, 0.15) is 6.04 Å². The molecule has 9 nitrogen and oxygen atoms in total. The van der Waals surface area contributed by atoms with Gasteiger partial charge in [-0.05, 0) is 30.5 Å². The van der Waals surface area contributed by atoms with Crippen LogP contribution in [0.2, 0.25) is 0 Å². The number of nitrogens with zero attached hydrogens (tertiary/aromatic N) is 2. The molecule has 0 radical (unpaired) electrons. The van der Waals surface area contributed by atoms with Crippen LogP contribution in [0.4, 0.5) is 13.2 Å². The van der Waals surface area contributed by atoms with Gasteiger partial charge in [-0.2, -0.15) is 13.2 Å². The molecular formula is C24H27F3N4O5. The number of hydrogen-bond donors (Lipinski definition) is 3. The molecule has 2 aromatic carbocycles. The number of aliphatic carboxylic acids is 1. The van der Waals surface area contributed by atoms with Crippen LogP contribution in [-0.4, -0.2) is 63.3 Å². The summed E-state index contributed by atoms with van der Waals surface area (Å²) in [6, 6.07) is 16.9. The largest absolute Gasteiger partial charge is 0.490 e. The number of imidazole rings is 1. The molecule has 36 heavy (non-hydrogen) atoms. The quantitative estimate of drug-likeness (QED) is 0.469. The van der Waals surface area contributed by atoms with Gasteiger partial charge in [0.05, 0.1) is 24.2 Å². The minimum Gasteiger partial charge on any atom is -0.475 e. The molecule has 2 heterocycles. The summed E-state index contributed by atoms with van der Waals surface area (Å²) in [5.74, 6) is -2.85. The van der Waals surface area contributed by atoms with Crippen molar-refractivity contribution in [2.75, 3.05) is 19.7 Å². The first-order chi connectivity index (χ1) is 17.1. The predicted molar refractivity (Wildman–Crippen MR) is 125 cm³/mol. The van der Waals surface area contributed by atoms with Crippen LogP contribution in [0.25, 0.3) is 11.0 Å². The number of para-hydroxylation sites is 2. The number of carboxylic acid groups (broad SMARTS) is 1. The number of alkyl halides is 3. The fourth-order valence-electron chi connectivity index (χ4n) is 3.96. The first-order valence-corrected chi connectivity index (χ1v) is 11.2. The van der Waals surface area contributed by atoms with E-state index in [1.165, 1.54) is 0 Å². The standard InChI is InChI=1S/C22H26N4O3.C2HF3O2/c23-18(15-29-14-16-6-2-1-3-7-16)21(27)25-12-10-17(11-13-25)26-20-9-5-4-8-19(20)24-22(26)28;3-2(4,5)1(6)7/h1-9,17-18H,10-15,23H2,(H,24,28);(H,6,7). The number of aromatic nitrogens is 2. The Morgan fingerprint density at radius 1 is 1.08 bits per heavy atom. The molecule has 1 amide bonds. The SMILES string of the molecule is NC(COCc1ccccc1)C(=O)N1CCC(n2c(=O)[nH]c3ccccc32)CC1.O=C(O)C(F)(F)F. The maximum absolute atomic E-state index is 12.7. The molecule has 1 saturated heterocycles. The highest BCUT2D eigenvalue weighted by molar-refractivity contribution is 5.82. The molecule has 0 bridgehead atoms. The fraction of sp³-hybridized carbons (Fsp3) is 0.375. The average molecular weight is 508 g/mol. The van der Waals surface area contributed by atoms with Crippen LogP contribution in [-0.2, 0) is 20.9 Å². The third-order valence-electron chi connectivity index (χ3n) is 5.73. The van der Waals surface area contributed by atoms with Gasteiger partial charge in [0.2, 0.25) is 5.91 Å². The highest BCUT2D eigenvalue weighted by atomic mass is 19.4. The summed E-state index contributed by atoms with van der Waals surface area (Å²) in [7, 11) is 0. The number of aromatic amines is 1. The van der Waals surface area contributed by atoms with Crippen molar-refractivity contribution in [3.05, 3.63) is 70.6 Å². The highest BCUT2D eigenvalue weighted by Gasteiger charge is 2.38. The van der Waals surface area contributed by atoms with E-state index in [4.69, 9.17) is 20.4 Å². The van der Waals surface area contributed by atoms with Crippen molar-refractivity contribution in [1.82, 2.24) is 14.5 Å². The van der Waals surface area contributed by atoms with Crippen molar-refractivity contribution in [3.8, 4) is 0 Å². The van der Waals surface area contributed by atoms with Gasteiger partial charge >= 0.3 is 17.8 Å². The van der Waals surface area contributed by atoms with Crippen LogP contribution < -0.4 is 11.4 Å². The molecular weight excluding hydrogens is 481 g/mol. The molecule has 3 aromatic rings. The van der Waals surface area contributed by atoms with E-state index in [1.807, 2.05) is 59.2 Å². The number of ether oxygens (including phenoxy) is 1. The smallest absolute Gasteiger partial charge is 0.475 e. The second kappa shape index (κ2) is 11.9. The van der Waals surface area contributed by atoms with E-state index in [2.05, 4.69) is 4.98 Å². The van der Waals surface area contributed by atoms with Gasteiger partial charge in [0, 0.05) is 19.1 Å². The van der Waals surface area contributed by atoms with Gasteiger partial charge in [-0.15, -0.1) is 0 Å². The Kier molecular flexibility index (Phi) is 8.88. The number of halogens is 3. The second-order valence-electron chi connectivity index (χ2n) is 8.28. The van der Waals surface area contributed by atoms with Gasteiger partial charge < -0.3 is 25.5 Å². The third-order valence-corrected chi connectivity index (χ3v) is 5.73. The van der Waals surface area contributed by atoms with Gasteiger partial charge in [0.25, 0.3) is 0 Å². The Bertz CT molecular complexity index is 1220. The Morgan fingerprint density at radius 3 is 2.28 bits per heavy atom. The molecule has 194 valence electrons. The zero-order valence-electron chi connectivity index (χ0n) is 19.3. The molecule has 1 unspecified atom stereocenters. The summed E-state index contributed by atoms with van der Waals surface area (Å²) in [4.78, 5) is 38.6. The van der Waals surface area contributed by atoms with Crippen LogP contribution in [0, 0.1) is 0 Å². The predicted octanol–water partition coefficient (Wildman–Crippen LogP) is 2.67. The monoisotopic (exact) mass is 508 g/mol. The molecule has 1 aliphatic heterocycles. The van der Waals surface area contributed by atoms with Crippen LogP contribution in [0.3, 0.4) is 0 Å². The molecule has 4 N–H and O–H groups in total. The molecule has 4 rings (SSSR count). The van der Waals surface area contributed by atoms with Gasteiger partial charge in [-0.25, -0.2) is 9.59 Å². The number of carboxylic acids is 1. The Morgan fingerprint density at radius 2 is 1.67 bits per heavy atom. The molecule has 0 saturated carbocycles. The van der Waals surface area contributed by atoms with Gasteiger partial charge in [-0.3, -0.25) is 9.36 Å². The molecule has 12 heteroatoms. The van der Waals surface area contributed by atoms with E-state index in [0.29, 0.717) is 19.7 Å². The fourth-order valence-corrected chi connectivity index (χ4v) is 3.96. The number of benzene rings is 2. The number of carbonyl (C=O) groups excluding carboxylic acids is 1. The number of hydrogen-bond acceptors (Lipinski definition) is 5. The summed E-state index contributed by atoms with van der Waals surface area (Å²) >= 11 is 0.